The molecule has 3 nitrogen and oxygen atoms in total. The van der Waals surface area contributed by atoms with Crippen molar-refractivity contribution in [1.29, 1.82) is 0 Å². The molecule has 1 aromatic rings. The van der Waals surface area contributed by atoms with E-state index in [2.05, 4.69) is 43.4 Å². The zero-order valence-electron chi connectivity index (χ0n) is 13.6. The van der Waals surface area contributed by atoms with E-state index < -0.39 is 10.8 Å². The van der Waals surface area contributed by atoms with Gasteiger partial charge in [0.15, 0.2) is 0 Å². The molecular weight excluding hydrogens is 282 g/mol. The summed E-state index contributed by atoms with van der Waals surface area (Å²) in [7, 11) is 0.878. The van der Waals surface area contributed by atoms with Crippen LogP contribution in [0.2, 0.25) is 0 Å². The van der Waals surface area contributed by atoms with Gasteiger partial charge in [0.05, 0.1) is 0 Å². The first-order valence-electron chi connectivity index (χ1n) is 7.87. The highest BCUT2D eigenvalue weighted by Gasteiger charge is 2.14. The fourth-order valence-electron chi connectivity index (χ4n) is 2.36. The van der Waals surface area contributed by atoms with Gasteiger partial charge in [-0.3, -0.25) is 4.21 Å². The first-order chi connectivity index (χ1) is 10.2. The summed E-state index contributed by atoms with van der Waals surface area (Å²) in [5, 5.41) is 3.45. The summed E-state index contributed by atoms with van der Waals surface area (Å²) in [4.78, 5) is 0. The molecule has 0 amide bonds. The van der Waals surface area contributed by atoms with Gasteiger partial charge in [0.2, 0.25) is 0 Å². The first kappa shape index (κ1) is 18.3. The van der Waals surface area contributed by atoms with Crippen LogP contribution >= 0.6 is 0 Å². The number of hydrogen-bond acceptors (Lipinski definition) is 3. The predicted molar refractivity (Wildman–Crippen MR) is 91.2 cm³/mol. The summed E-state index contributed by atoms with van der Waals surface area (Å²) in [5.74, 6) is 1.38. The van der Waals surface area contributed by atoms with Gasteiger partial charge >= 0.3 is 0 Å². The number of nitrogens with one attached hydrogen (secondary N) is 1. The van der Waals surface area contributed by atoms with E-state index in [1.165, 1.54) is 17.5 Å². The van der Waals surface area contributed by atoms with Crippen LogP contribution in [0.15, 0.2) is 24.3 Å². The molecule has 0 radical (unpaired) electrons. The molecule has 0 aliphatic carbocycles. The van der Waals surface area contributed by atoms with E-state index in [0.717, 1.165) is 19.4 Å². The predicted octanol–water partition coefficient (Wildman–Crippen LogP) is 3.07. The number of ether oxygens (including phenoxy) is 1. The van der Waals surface area contributed by atoms with Gasteiger partial charge < -0.3 is 10.1 Å². The van der Waals surface area contributed by atoms with Crippen LogP contribution < -0.4 is 5.32 Å². The van der Waals surface area contributed by atoms with Crippen LogP contribution in [-0.2, 0) is 22.0 Å². The van der Waals surface area contributed by atoms with Gasteiger partial charge in [0.1, 0.15) is 0 Å². The maximum absolute atomic E-state index is 12.2. The summed E-state index contributed by atoms with van der Waals surface area (Å²) in [6.45, 7) is 5.85. The Hall–Kier alpha value is -0.710. The van der Waals surface area contributed by atoms with Crippen molar-refractivity contribution in [3.05, 3.63) is 35.4 Å². The summed E-state index contributed by atoms with van der Waals surface area (Å²) in [5.41, 5.74) is 2.61. The third-order valence-electron chi connectivity index (χ3n) is 3.44. The Morgan fingerprint density at radius 3 is 2.52 bits per heavy atom. The fraction of sp³-hybridized carbons (Fsp3) is 0.647. The van der Waals surface area contributed by atoms with E-state index in [4.69, 9.17) is 4.74 Å². The molecule has 1 rings (SSSR count). The second-order valence-electron chi connectivity index (χ2n) is 5.26. The van der Waals surface area contributed by atoms with Crippen molar-refractivity contribution in [3.63, 3.8) is 0 Å². The summed E-state index contributed by atoms with van der Waals surface area (Å²) in [6.07, 6.45) is 3.14. The van der Waals surface area contributed by atoms with Crippen LogP contribution in [0.25, 0.3) is 0 Å². The van der Waals surface area contributed by atoms with Crippen molar-refractivity contribution in [3.8, 4) is 0 Å². The minimum atomic E-state index is -0.805. The monoisotopic (exact) mass is 311 g/mol. The van der Waals surface area contributed by atoms with Crippen LogP contribution in [0.1, 0.15) is 43.9 Å². The van der Waals surface area contributed by atoms with Gasteiger partial charge in [0, 0.05) is 42.1 Å². The highest BCUT2D eigenvalue weighted by Crippen LogP contribution is 2.16. The molecule has 0 aliphatic rings. The Labute approximate surface area is 131 Å². The minimum Gasteiger partial charge on any atom is -0.385 e. The lowest BCUT2D eigenvalue weighted by molar-refractivity contribution is 0.200. The fourth-order valence-corrected chi connectivity index (χ4v) is 3.65. The van der Waals surface area contributed by atoms with Crippen molar-refractivity contribution in [2.75, 3.05) is 31.8 Å². The molecule has 0 bridgehead atoms. The molecule has 0 saturated carbocycles. The molecule has 120 valence electrons. The lowest BCUT2D eigenvalue weighted by Gasteiger charge is -2.18. The SMILES string of the molecule is CCCc1ccc(C(CS(=O)CCCOC)NCC)cc1. The zero-order chi connectivity index (χ0) is 15.5. The van der Waals surface area contributed by atoms with Crippen molar-refractivity contribution in [1.82, 2.24) is 5.32 Å². The van der Waals surface area contributed by atoms with E-state index in [1.54, 1.807) is 7.11 Å². The van der Waals surface area contributed by atoms with Crippen molar-refractivity contribution in [2.24, 2.45) is 0 Å². The minimum absolute atomic E-state index is 0.175. The second kappa shape index (κ2) is 10.9. The van der Waals surface area contributed by atoms with E-state index in [0.29, 0.717) is 18.1 Å². The quantitative estimate of drug-likeness (QED) is 0.638. The lowest BCUT2D eigenvalue weighted by atomic mass is 10.0. The molecule has 21 heavy (non-hydrogen) atoms. The topological polar surface area (TPSA) is 38.3 Å². The number of hydrogen-bond donors (Lipinski definition) is 1. The highest BCUT2D eigenvalue weighted by atomic mass is 32.2. The van der Waals surface area contributed by atoms with Gasteiger partial charge in [-0.1, -0.05) is 44.5 Å². The molecule has 0 fully saturated rings. The van der Waals surface area contributed by atoms with Crippen LogP contribution in [0.4, 0.5) is 0 Å². The smallest absolute Gasteiger partial charge is 0.0471 e. The molecule has 2 unspecified atom stereocenters. The van der Waals surface area contributed by atoms with Gasteiger partial charge in [-0.15, -0.1) is 0 Å². The standard InChI is InChI=1S/C17H29NO2S/c1-4-7-15-8-10-16(11-9-15)17(18-5-2)14-21(19)13-6-12-20-3/h8-11,17-18H,4-7,12-14H2,1-3H3. The molecule has 1 aromatic carbocycles. The molecule has 0 aliphatic heterocycles. The van der Waals surface area contributed by atoms with E-state index in [1.807, 2.05) is 0 Å². The third-order valence-corrected chi connectivity index (χ3v) is 4.89. The van der Waals surface area contributed by atoms with E-state index in [9.17, 15) is 4.21 Å². The Morgan fingerprint density at radius 2 is 1.95 bits per heavy atom. The molecule has 0 heterocycles. The zero-order valence-corrected chi connectivity index (χ0v) is 14.4. The Morgan fingerprint density at radius 1 is 1.24 bits per heavy atom. The average molecular weight is 311 g/mol. The number of methoxy groups -OCH3 is 1. The molecule has 0 saturated heterocycles. The van der Waals surface area contributed by atoms with Crippen molar-refractivity contribution < 1.29 is 8.95 Å². The summed E-state index contributed by atoms with van der Waals surface area (Å²) < 4.78 is 17.2. The number of rotatable bonds is 11. The van der Waals surface area contributed by atoms with E-state index in [-0.39, 0.29) is 6.04 Å². The molecule has 2 atom stereocenters. The first-order valence-corrected chi connectivity index (χ1v) is 9.36. The van der Waals surface area contributed by atoms with Crippen LogP contribution in [0.5, 0.6) is 0 Å². The van der Waals surface area contributed by atoms with Crippen molar-refractivity contribution in [2.45, 2.75) is 39.2 Å². The van der Waals surface area contributed by atoms with Gasteiger partial charge in [0.25, 0.3) is 0 Å². The Balaban J connectivity index is 2.60. The molecular formula is C17H29NO2S. The van der Waals surface area contributed by atoms with Crippen LogP contribution in [-0.4, -0.2) is 36.0 Å². The number of aryl methyl sites for hydroxylation is 1. The molecule has 0 aromatic heterocycles. The molecule has 4 heteroatoms. The average Bonchev–Trinajstić information content (AvgIpc) is 2.48. The maximum atomic E-state index is 12.2. The number of benzene rings is 1. The van der Waals surface area contributed by atoms with Crippen molar-refractivity contribution >= 4 is 10.8 Å². The molecule has 1 N–H and O–H groups in total. The Bertz CT molecular complexity index is 406. The largest absolute Gasteiger partial charge is 0.385 e. The maximum Gasteiger partial charge on any atom is 0.0471 e. The second-order valence-corrected chi connectivity index (χ2v) is 6.88. The molecule has 0 spiro atoms. The Kier molecular flexibility index (Phi) is 9.55. The van der Waals surface area contributed by atoms with Crippen LogP contribution in [0.3, 0.4) is 0 Å². The highest BCUT2D eigenvalue weighted by molar-refractivity contribution is 7.85. The van der Waals surface area contributed by atoms with Crippen LogP contribution in [0, 0.1) is 0 Å². The summed E-state index contributed by atoms with van der Waals surface area (Å²) >= 11 is 0. The summed E-state index contributed by atoms with van der Waals surface area (Å²) in [6, 6.07) is 8.90. The normalized spacial score (nSPS) is 14.0. The third kappa shape index (κ3) is 7.21. The van der Waals surface area contributed by atoms with Gasteiger partial charge in [-0.25, -0.2) is 0 Å². The lowest BCUT2D eigenvalue weighted by Crippen LogP contribution is -2.27. The van der Waals surface area contributed by atoms with Gasteiger partial charge in [-0.2, -0.15) is 0 Å². The van der Waals surface area contributed by atoms with Gasteiger partial charge in [-0.05, 0) is 30.5 Å². The van der Waals surface area contributed by atoms with E-state index >= 15 is 0 Å².